The molecule has 0 atom stereocenters. The molecule has 0 bridgehead atoms. The highest BCUT2D eigenvalue weighted by Crippen LogP contribution is 2.40. The molecule has 1 N–H and O–H groups in total. The summed E-state index contributed by atoms with van der Waals surface area (Å²) < 4.78 is 0. The number of rotatable bonds is 3. The minimum absolute atomic E-state index is 0.0609. The number of nitrogens with zero attached hydrogens (tertiary/aromatic N) is 1. The Hall–Kier alpha value is -2.88. The second kappa shape index (κ2) is 5.72. The topological polar surface area (TPSA) is 63.4 Å². The standard InChI is InChI=1S/C19H17NO3/c1-12(2)17-11-18(13-6-5-7-14(10-13)20(22)23)15-8-3-4-9-16(15)19(17)21/h3-12,21H,1-2H3. The molecule has 3 rings (SSSR count). The Morgan fingerprint density at radius 2 is 1.70 bits per heavy atom. The van der Waals surface area contributed by atoms with E-state index in [1.54, 1.807) is 12.1 Å². The van der Waals surface area contributed by atoms with Crippen LogP contribution in [0.15, 0.2) is 54.6 Å². The number of hydrogen-bond donors (Lipinski definition) is 1. The number of hydrogen-bond acceptors (Lipinski definition) is 3. The van der Waals surface area contributed by atoms with Crippen LogP contribution in [0.25, 0.3) is 21.9 Å². The van der Waals surface area contributed by atoms with Gasteiger partial charge in [0.15, 0.2) is 0 Å². The minimum atomic E-state index is -0.393. The van der Waals surface area contributed by atoms with E-state index < -0.39 is 4.92 Å². The van der Waals surface area contributed by atoms with Gasteiger partial charge in [0.2, 0.25) is 0 Å². The normalized spacial score (nSPS) is 11.1. The molecule has 0 heterocycles. The third-order valence-electron chi connectivity index (χ3n) is 4.04. The minimum Gasteiger partial charge on any atom is -0.507 e. The van der Waals surface area contributed by atoms with E-state index in [1.807, 2.05) is 50.2 Å². The molecule has 0 saturated heterocycles. The molecule has 0 aliphatic heterocycles. The second-order valence-corrected chi connectivity index (χ2v) is 5.87. The number of phenols is 1. The second-order valence-electron chi connectivity index (χ2n) is 5.87. The predicted molar refractivity (Wildman–Crippen MR) is 91.8 cm³/mol. The number of aromatic hydroxyl groups is 1. The van der Waals surface area contributed by atoms with Crippen LogP contribution in [0.2, 0.25) is 0 Å². The molecule has 3 aromatic carbocycles. The van der Waals surface area contributed by atoms with Gasteiger partial charge in [0, 0.05) is 17.5 Å². The predicted octanol–water partition coefficient (Wildman–Crippen LogP) is 5.24. The maximum absolute atomic E-state index is 11.0. The van der Waals surface area contributed by atoms with Crippen LogP contribution in [0.5, 0.6) is 5.75 Å². The number of benzene rings is 3. The molecule has 0 aromatic heterocycles. The highest BCUT2D eigenvalue weighted by Gasteiger charge is 2.16. The molecule has 0 radical (unpaired) electrons. The molecule has 4 nitrogen and oxygen atoms in total. The number of non-ortho nitro benzene ring substituents is 1. The maximum Gasteiger partial charge on any atom is 0.270 e. The molecule has 0 aliphatic carbocycles. The quantitative estimate of drug-likeness (QED) is 0.531. The van der Waals surface area contributed by atoms with E-state index in [0.29, 0.717) is 0 Å². The van der Waals surface area contributed by atoms with Gasteiger partial charge in [0.05, 0.1) is 4.92 Å². The molecular weight excluding hydrogens is 290 g/mol. The van der Waals surface area contributed by atoms with E-state index >= 15 is 0 Å². The molecule has 3 aromatic rings. The van der Waals surface area contributed by atoms with Gasteiger partial charge in [-0.25, -0.2) is 0 Å². The molecule has 0 fully saturated rings. The van der Waals surface area contributed by atoms with Crippen LogP contribution < -0.4 is 0 Å². The van der Waals surface area contributed by atoms with Gasteiger partial charge >= 0.3 is 0 Å². The smallest absolute Gasteiger partial charge is 0.270 e. The van der Waals surface area contributed by atoms with Gasteiger partial charge in [0.1, 0.15) is 5.75 Å². The monoisotopic (exact) mass is 307 g/mol. The Morgan fingerprint density at radius 3 is 2.35 bits per heavy atom. The molecule has 0 saturated carbocycles. The van der Waals surface area contributed by atoms with Gasteiger partial charge in [-0.05, 0) is 34.1 Å². The van der Waals surface area contributed by atoms with Crippen LogP contribution in [-0.4, -0.2) is 10.0 Å². The summed E-state index contributed by atoms with van der Waals surface area (Å²) in [4.78, 5) is 10.6. The average molecular weight is 307 g/mol. The highest BCUT2D eigenvalue weighted by atomic mass is 16.6. The average Bonchev–Trinajstić information content (AvgIpc) is 2.55. The summed E-state index contributed by atoms with van der Waals surface area (Å²) in [5.74, 6) is 0.432. The first-order valence-electron chi connectivity index (χ1n) is 7.48. The number of fused-ring (bicyclic) bond motifs is 1. The first kappa shape index (κ1) is 15.0. The van der Waals surface area contributed by atoms with E-state index in [2.05, 4.69) is 0 Å². The van der Waals surface area contributed by atoms with Crippen LogP contribution in [0, 0.1) is 10.1 Å². The lowest BCUT2D eigenvalue weighted by molar-refractivity contribution is -0.384. The Labute approximate surface area is 134 Å². The van der Waals surface area contributed by atoms with Crippen molar-refractivity contribution in [1.82, 2.24) is 0 Å². The number of nitro groups is 1. The van der Waals surface area contributed by atoms with Crippen LogP contribution in [0.4, 0.5) is 5.69 Å². The lowest BCUT2D eigenvalue weighted by Crippen LogP contribution is -1.93. The van der Waals surface area contributed by atoms with Gasteiger partial charge in [-0.15, -0.1) is 0 Å². The summed E-state index contributed by atoms with van der Waals surface area (Å²) in [6.07, 6.45) is 0. The van der Waals surface area contributed by atoms with Gasteiger partial charge in [0.25, 0.3) is 5.69 Å². The lowest BCUT2D eigenvalue weighted by Gasteiger charge is -2.15. The Balaban J connectivity index is 2.35. The summed E-state index contributed by atoms with van der Waals surface area (Å²) in [5, 5.41) is 23.2. The van der Waals surface area contributed by atoms with E-state index in [-0.39, 0.29) is 17.4 Å². The van der Waals surface area contributed by atoms with Crippen molar-refractivity contribution in [2.75, 3.05) is 0 Å². The third-order valence-corrected chi connectivity index (χ3v) is 4.04. The summed E-state index contributed by atoms with van der Waals surface area (Å²) in [6.45, 7) is 4.03. The fraction of sp³-hybridized carbons (Fsp3) is 0.158. The Bertz CT molecular complexity index is 900. The molecule has 0 aliphatic rings. The highest BCUT2D eigenvalue weighted by molar-refractivity contribution is 6.01. The third kappa shape index (κ3) is 2.63. The molecule has 116 valence electrons. The Kier molecular flexibility index (Phi) is 3.74. The van der Waals surface area contributed by atoms with Crippen molar-refractivity contribution in [3.05, 3.63) is 70.3 Å². The van der Waals surface area contributed by atoms with Crippen molar-refractivity contribution in [2.45, 2.75) is 19.8 Å². The van der Waals surface area contributed by atoms with Crippen LogP contribution in [0.1, 0.15) is 25.3 Å². The van der Waals surface area contributed by atoms with Crippen molar-refractivity contribution >= 4 is 16.5 Å². The van der Waals surface area contributed by atoms with Gasteiger partial charge in [-0.1, -0.05) is 50.2 Å². The summed E-state index contributed by atoms with van der Waals surface area (Å²) in [7, 11) is 0. The van der Waals surface area contributed by atoms with E-state index in [9.17, 15) is 15.2 Å². The van der Waals surface area contributed by atoms with Gasteiger partial charge in [-0.3, -0.25) is 10.1 Å². The first-order valence-corrected chi connectivity index (χ1v) is 7.48. The lowest BCUT2D eigenvalue weighted by atomic mass is 9.90. The van der Waals surface area contributed by atoms with E-state index in [1.165, 1.54) is 6.07 Å². The summed E-state index contributed by atoms with van der Waals surface area (Å²) in [5.41, 5.74) is 2.57. The van der Waals surface area contributed by atoms with Crippen molar-refractivity contribution in [2.24, 2.45) is 0 Å². The maximum atomic E-state index is 11.0. The Morgan fingerprint density at radius 1 is 1.00 bits per heavy atom. The molecule has 4 heteroatoms. The largest absolute Gasteiger partial charge is 0.507 e. The fourth-order valence-corrected chi connectivity index (χ4v) is 2.85. The molecule has 23 heavy (non-hydrogen) atoms. The van der Waals surface area contributed by atoms with Crippen molar-refractivity contribution in [3.8, 4) is 16.9 Å². The van der Waals surface area contributed by atoms with Gasteiger partial charge < -0.3 is 5.11 Å². The van der Waals surface area contributed by atoms with Crippen molar-refractivity contribution < 1.29 is 10.0 Å². The van der Waals surface area contributed by atoms with Crippen LogP contribution in [0.3, 0.4) is 0 Å². The zero-order valence-corrected chi connectivity index (χ0v) is 13.0. The zero-order valence-electron chi connectivity index (χ0n) is 13.0. The van der Waals surface area contributed by atoms with Crippen molar-refractivity contribution in [3.63, 3.8) is 0 Å². The molecule has 0 spiro atoms. The summed E-state index contributed by atoms with van der Waals surface area (Å²) >= 11 is 0. The van der Waals surface area contributed by atoms with E-state index in [4.69, 9.17) is 0 Å². The number of nitro benzene ring substituents is 1. The van der Waals surface area contributed by atoms with Crippen LogP contribution in [-0.2, 0) is 0 Å². The molecule has 0 unspecified atom stereocenters. The summed E-state index contributed by atoms with van der Waals surface area (Å²) in [6, 6.07) is 16.1. The molecule has 0 amide bonds. The SMILES string of the molecule is CC(C)c1cc(-c2cccc([N+](=O)[O-])c2)c2ccccc2c1O. The molecular formula is C19H17NO3. The van der Waals surface area contributed by atoms with Crippen molar-refractivity contribution in [1.29, 1.82) is 0 Å². The number of phenolic OH excluding ortho intramolecular Hbond substituents is 1. The fourth-order valence-electron chi connectivity index (χ4n) is 2.85. The zero-order chi connectivity index (χ0) is 16.6. The van der Waals surface area contributed by atoms with Gasteiger partial charge in [-0.2, -0.15) is 0 Å². The first-order chi connectivity index (χ1) is 11.0. The van der Waals surface area contributed by atoms with Crippen LogP contribution >= 0.6 is 0 Å². The van der Waals surface area contributed by atoms with E-state index in [0.717, 1.165) is 27.5 Å².